The molecular weight excluding hydrogens is 247 g/mol. The molecule has 0 bridgehead atoms. The summed E-state index contributed by atoms with van der Waals surface area (Å²) in [6.45, 7) is -0.434. The number of rotatable bonds is 3. The number of halogens is 1. The molecule has 0 fully saturated rings. The molecule has 0 radical (unpaired) electrons. The Balaban J connectivity index is 2.48. The van der Waals surface area contributed by atoms with E-state index in [1.807, 2.05) is 0 Å². The van der Waals surface area contributed by atoms with Crippen LogP contribution in [0.4, 0.5) is 4.39 Å². The van der Waals surface area contributed by atoms with Gasteiger partial charge in [-0.3, -0.25) is 19.1 Å². The van der Waals surface area contributed by atoms with Crippen LogP contribution >= 0.6 is 11.3 Å². The second kappa shape index (κ2) is 4.46. The summed E-state index contributed by atoms with van der Waals surface area (Å²) in [4.78, 5) is 25.5. The standard InChI is InChI=1S/C10H7FN2O3S/c11-6-1-2-7(12-3-6)8-5-17-10(16)13(8)4-9(14)15/h1-3,5H,4H2,(H,14,15). The average molecular weight is 254 g/mol. The first-order chi connectivity index (χ1) is 8.08. The summed E-state index contributed by atoms with van der Waals surface area (Å²) in [5.74, 6) is -1.61. The lowest BCUT2D eigenvalue weighted by atomic mass is 10.3. The van der Waals surface area contributed by atoms with E-state index in [9.17, 15) is 14.0 Å². The summed E-state index contributed by atoms with van der Waals surface area (Å²) < 4.78 is 13.8. The second-order valence-electron chi connectivity index (χ2n) is 3.23. The van der Waals surface area contributed by atoms with Gasteiger partial charge in [-0.2, -0.15) is 0 Å². The van der Waals surface area contributed by atoms with Gasteiger partial charge in [0.2, 0.25) is 0 Å². The molecule has 2 rings (SSSR count). The molecule has 2 heterocycles. The number of pyridine rings is 1. The molecule has 0 aliphatic carbocycles. The fourth-order valence-corrected chi connectivity index (χ4v) is 2.09. The molecule has 0 spiro atoms. The zero-order valence-corrected chi connectivity index (χ0v) is 9.28. The maximum absolute atomic E-state index is 12.7. The molecule has 0 amide bonds. The minimum absolute atomic E-state index is 0.367. The van der Waals surface area contributed by atoms with Gasteiger partial charge in [0.1, 0.15) is 12.4 Å². The quantitative estimate of drug-likeness (QED) is 0.893. The summed E-state index contributed by atoms with van der Waals surface area (Å²) >= 11 is 0.882. The lowest BCUT2D eigenvalue weighted by molar-refractivity contribution is -0.137. The predicted octanol–water partition coefficient (Wildman–Crippen LogP) is 1.20. The molecule has 5 nitrogen and oxygen atoms in total. The Morgan fingerprint density at radius 1 is 1.53 bits per heavy atom. The Labute approximate surface area is 98.8 Å². The molecule has 7 heteroatoms. The average Bonchev–Trinajstić information content (AvgIpc) is 2.61. The largest absolute Gasteiger partial charge is 0.480 e. The van der Waals surface area contributed by atoms with E-state index in [1.54, 1.807) is 0 Å². The topological polar surface area (TPSA) is 72.2 Å². The number of carboxylic acids is 1. The molecule has 1 N–H and O–H groups in total. The third-order valence-corrected chi connectivity index (χ3v) is 2.83. The Morgan fingerprint density at radius 2 is 2.29 bits per heavy atom. The number of aromatic nitrogens is 2. The number of carbonyl (C=O) groups is 1. The summed E-state index contributed by atoms with van der Waals surface area (Å²) in [7, 11) is 0. The van der Waals surface area contributed by atoms with Gasteiger partial charge in [-0.05, 0) is 12.1 Å². The SMILES string of the molecule is O=C(O)Cn1c(-c2ccc(F)cn2)csc1=O. The van der Waals surface area contributed by atoms with Crippen molar-refractivity contribution in [1.82, 2.24) is 9.55 Å². The smallest absolute Gasteiger partial charge is 0.323 e. The Kier molecular flexibility index (Phi) is 3.01. The number of nitrogens with zero attached hydrogens (tertiary/aromatic N) is 2. The normalized spacial score (nSPS) is 10.4. The van der Waals surface area contributed by atoms with Gasteiger partial charge in [-0.15, -0.1) is 0 Å². The highest BCUT2D eigenvalue weighted by atomic mass is 32.1. The van der Waals surface area contributed by atoms with Crippen molar-refractivity contribution in [1.29, 1.82) is 0 Å². The summed E-state index contributed by atoms with van der Waals surface area (Å²) in [6.07, 6.45) is 1.02. The van der Waals surface area contributed by atoms with Crippen molar-refractivity contribution in [2.75, 3.05) is 0 Å². The van der Waals surface area contributed by atoms with Gasteiger partial charge < -0.3 is 5.11 Å². The highest BCUT2D eigenvalue weighted by molar-refractivity contribution is 7.07. The van der Waals surface area contributed by atoms with Crippen LogP contribution in [0.1, 0.15) is 0 Å². The van der Waals surface area contributed by atoms with E-state index < -0.39 is 18.3 Å². The van der Waals surface area contributed by atoms with Crippen LogP contribution in [0.25, 0.3) is 11.4 Å². The molecule has 0 aliphatic rings. The third-order valence-electron chi connectivity index (χ3n) is 2.07. The van der Waals surface area contributed by atoms with E-state index in [0.717, 1.165) is 22.1 Å². The van der Waals surface area contributed by atoms with Gasteiger partial charge in [0.25, 0.3) is 0 Å². The van der Waals surface area contributed by atoms with Gasteiger partial charge in [-0.1, -0.05) is 11.3 Å². The van der Waals surface area contributed by atoms with Crippen molar-refractivity contribution in [3.63, 3.8) is 0 Å². The number of thiazole rings is 1. The molecule has 0 aliphatic heterocycles. The van der Waals surface area contributed by atoms with Crippen molar-refractivity contribution in [2.45, 2.75) is 6.54 Å². The lowest BCUT2D eigenvalue weighted by Crippen LogP contribution is -2.19. The van der Waals surface area contributed by atoms with Gasteiger partial charge in [0.15, 0.2) is 0 Å². The minimum atomic E-state index is -1.12. The number of hydrogen-bond acceptors (Lipinski definition) is 4. The van der Waals surface area contributed by atoms with Crippen molar-refractivity contribution >= 4 is 17.3 Å². The molecule has 2 aromatic rings. The van der Waals surface area contributed by atoms with Crippen LogP contribution in [-0.2, 0) is 11.3 Å². The van der Waals surface area contributed by atoms with Crippen molar-refractivity contribution in [3.05, 3.63) is 39.2 Å². The maximum Gasteiger partial charge on any atom is 0.323 e. The van der Waals surface area contributed by atoms with E-state index in [-0.39, 0.29) is 4.87 Å². The van der Waals surface area contributed by atoms with Gasteiger partial charge in [-0.25, -0.2) is 4.39 Å². The fourth-order valence-electron chi connectivity index (χ4n) is 1.34. The summed E-state index contributed by atoms with van der Waals surface area (Å²) in [5, 5.41) is 10.2. The molecule has 88 valence electrons. The van der Waals surface area contributed by atoms with Crippen LogP contribution in [0.2, 0.25) is 0 Å². The zero-order valence-electron chi connectivity index (χ0n) is 8.46. The highest BCUT2D eigenvalue weighted by Gasteiger charge is 2.12. The van der Waals surface area contributed by atoms with E-state index in [0.29, 0.717) is 11.4 Å². The van der Waals surface area contributed by atoms with E-state index >= 15 is 0 Å². The van der Waals surface area contributed by atoms with Crippen molar-refractivity contribution < 1.29 is 14.3 Å². The first kappa shape index (κ1) is 11.5. The molecule has 0 atom stereocenters. The molecule has 17 heavy (non-hydrogen) atoms. The molecule has 0 saturated carbocycles. The van der Waals surface area contributed by atoms with Crippen LogP contribution in [0.15, 0.2) is 28.5 Å². The first-order valence-electron chi connectivity index (χ1n) is 4.60. The number of hydrogen-bond donors (Lipinski definition) is 1. The predicted molar refractivity (Wildman–Crippen MR) is 59.4 cm³/mol. The molecule has 0 aromatic carbocycles. The van der Waals surface area contributed by atoms with Crippen LogP contribution in [0, 0.1) is 5.82 Å². The van der Waals surface area contributed by atoms with Crippen LogP contribution in [0.3, 0.4) is 0 Å². The van der Waals surface area contributed by atoms with Gasteiger partial charge >= 0.3 is 10.8 Å². The van der Waals surface area contributed by atoms with Crippen molar-refractivity contribution in [3.8, 4) is 11.4 Å². The van der Waals surface area contributed by atoms with Crippen LogP contribution in [-0.4, -0.2) is 20.6 Å². The number of carboxylic acid groups (broad SMARTS) is 1. The maximum atomic E-state index is 12.7. The van der Waals surface area contributed by atoms with Crippen molar-refractivity contribution in [2.24, 2.45) is 0 Å². The lowest BCUT2D eigenvalue weighted by Gasteiger charge is -2.03. The Morgan fingerprint density at radius 3 is 2.88 bits per heavy atom. The molecule has 2 aromatic heterocycles. The minimum Gasteiger partial charge on any atom is -0.480 e. The molecule has 0 unspecified atom stereocenters. The van der Waals surface area contributed by atoms with Crippen LogP contribution < -0.4 is 4.87 Å². The highest BCUT2D eigenvalue weighted by Crippen LogP contribution is 2.17. The first-order valence-corrected chi connectivity index (χ1v) is 5.48. The fraction of sp³-hybridized carbons (Fsp3) is 0.100. The zero-order chi connectivity index (χ0) is 12.4. The second-order valence-corrected chi connectivity index (χ2v) is 4.05. The summed E-state index contributed by atoms with van der Waals surface area (Å²) in [6, 6.07) is 2.60. The molecule has 0 saturated heterocycles. The monoisotopic (exact) mass is 254 g/mol. The van der Waals surface area contributed by atoms with E-state index in [4.69, 9.17) is 5.11 Å². The Bertz CT molecular complexity index is 603. The van der Waals surface area contributed by atoms with E-state index in [1.165, 1.54) is 17.5 Å². The Hall–Kier alpha value is -2.02. The third kappa shape index (κ3) is 2.39. The van der Waals surface area contributed by atoms with Gasteiger partial charge in [0, 0.05) is 5.38 Å². The summed E-state index contributed by atoms with van der Waals surface area (Å²) in [5.41, 5.74) is 0.744. The van der Waals surface area contributed by atoms with E-state index in [2.05, 4.69) is 4.98 Å². The number of aliphatic carboxylic acids is 1. The molecular formula is C10H7FN2O3S. The van der Waals surface area contributed by atoms with Crippen LogP contribution in [0.5, 0.6) is 0 Å². The van der Waals surface area contributed by atoms with Gasteiger partial charge in [0.05, 0.1) is 17.6 Å².